The summed E-state index contributed by atoms with van der Waals surface area (Å²) in [7, 11) is 1.63. The van der Waals surface area contributed by atoms with E-state index in [-0.39, 0.29) is 5.56 Å². The average Bonchev–Trinajstić information content (AvgIpc) is 2.84. The first-order valence-corrected chi connectivity index (χ1v) is 5.30. The van der Waals surface area contributed by atoms with E-state index in [1.165, 1.54) is 12.4 Å². The maximum Gasteiger partial charge on any atom is 0.227 e. The first-order chi connectivity index (χ1) is 9.19. The molecule has 0 fully saturated rings. The van der Waals surface area contributed by atoms with E-state index in [1.54, 1.807) is 24.2 Å². The summed E-state index contributed by atoms with van der Waals surface area (Å²) in [5.74, 6) is 0.344. The van der Waals surface area contributed by atoms with Gasteiger partial charge in [-0.3, -0.25) is 9.48 Å². The highest BCUT2D eigenvalue weighted by atomic mass is 16.5. The van der Waals surface area contributed by atoms with Crippen molar-refractivity contribution in [3.05, 3.63) is 30.4 Å². The Morgan fingerprint density at radius 3 is 2.94 bits per heavy atom. The molecular weight excluding hydrogens is 234 g/mol. The molecule has 0 saturated carbocycles. The number of hydrogen-bond acceptors (Lipinski definition) is 6. The minimum atomic E-state index is -0.807. The predicted octanol–water partition coefficient (Wildman–Crippen LogP) is 0.876. The standard InChI is InChI=1S/C11H13N5O2/c1-18-3-2-16-7-10(6-14-16)15-11-12-4-9(8-17)5-13-11/h4-8H,2-3H2,1H3,(H,12,13,15)/i8D. The van der Waals surface area contributed by atoms with Crippen LogP contribution < -0.4 is 5.32 Å². The summed E-state index contributed by atoms with van der Waals surface area (Å²) in [5, 5.41) is 7.08. The molecule has 0 radical (unpaired) electrons. The summed E-state index contributed by atoms with van der Waals surface area (Å²) in [6, 6.07) is 0. The fourth-order valence-electron chi connectivity index (χ4n) is 1.31. The topological polar surface area (TPSA) is 81.9 Å². The van der Waals surface area contributed by atoms with Crippen LogP contribution in [0.1, 0.15) is 11.7 Å². The number of methoxy groups -OCH3 is 1. The van der Waals surface area contributed by atoms with E-state index in [1.807, 2.05) is 0 Å². The zero-order valence-electron chi connectivity index (χ0n) is 10.8. The number of carbonyl (C=O) groups excluding carboxylic acids is 1. The first-order valence-electron chi connectivity index (χ1n) is 5.80. The summed E-state index contributed by atoms with van der Waals surface area (Å²) in [6.45, 7) is 1.24. The SMILES string of the molecule is [2H]C(=O)c1cnc(Nc2cnn(CCOC)c2)nc1. The molecule has 1 N–H and O–H groups in total. The van der Waals surface area contributed by atoms with Crippen LogP contribution in [0.3, 0.4) is 0 Å². The predicted molar refractivity (Wildman–Crippen MR) is 64.8 cm³/mol. The quantitative estimate of drug-likeness (QED) is 0.764. The van der Waals surface area contributed by atoms with Gasteiger partial charge in [0.05, 0.1) is 30.6 Å². The summed E-state index contributed by atoms with van der Waals surface area (Å²) in [5.41, 5.74) is 0.891. The van der Waals surface area contributed by atoms with Gasteiger partial charge in [0, 0.05) is 25.7 Å². The number of nitrogens with zero attached hydrogens (tertiary/aromatic N) is 4. The normalized spacial score (nSPS) is 11.1. The average molecular weight is 248 g/mol. The van der Waals surface area contributed by atoms with Crippen molar-refractivity contribution in [2.45, 2.75) is 6.54 Å². The molecule has 0 aromatic carbocycles. The molecule has 0 bridgehead atoms. The third-order valence-corrected chi connectivity index (χ3v) is 2.18. The molecule has 0 aliphatic rings. The van der Waals surface area contributed by atoms with Gasteiger partial charge < -0.3 is 10.1 Å². The molecule has 2 rings (SSSR count). The van der Waals surface area contributed by atoms with Crippen LogP contribution in [0.25, 0.3) is 0 Å². The third-order valence-electron chi connectivity index (χ3n) is 2.18. The van der Waals surface area contributed by atoms with Gasteiger partial charge in [0.25, 0.3) is 0 Å². The monoisotopic (exact) mass is 248 g/mol. The van der Waals surface area contributed by atoms with Crippen molar-refractivity contribution in [3.63, 3.8) is 0 Å². The Labute approximate surface area is 105 Å². The van der Waals surface area contributed by atoms with Crippen LogP contribution in [-0.4, -0.2) is 39.7 Å². The molecule has 0 atom stereocenters. The fraction of sp³-hybridized carbons (Fsp3) is 0.273. The Hall–Kier alpha value is -2.28. The fourth-order valence-corrected chi connectivity index (χ4v) is 1.31. The number of aromatic nitrogens is 4. The molecule has 7 heteroatoms. The second-order valence-corrected chi connectivity index (χ2v) is 3.51. The number of nitrogens with one attached hydrogen (secondary N) is 1. The van der Waals surface area contributed by atoms with Crippen LogP contribution in [0.15, 0.2) is 24.8 Å². The van der Waals surface area contributed by atoms with E-state index in [0.29, 0.717) is 19.1 Å². The molecule has 0 amide bonds. The Morgan fingerprint density at radius 1 is 1.50 bits per heavy atom. The molecule has 7 nitrogen and oxygen atoms in total. The van der Waals surface area contributed by atoms with E-state index >= 15 is 0 Å². The third kappa shape index (κ3) is 3.11. The van der Waals surface area contributed by atoms with Gasteiger partial charge in [-0.2, -0.15) is 5.10 Å². The molecule has 2 aromatic rings. The van der Waals surface area contributed by atoms with Gasteiger partial charge in [-0.05, 0) is 0 Å². The van der Waals surface area contributed by atoms with Crippen LogP contribution in [0, 0.1) is 0 Å². The minimum Gasteiger partial charge on any atom is -0.383 e. The smallest absolute Gasteiger partial charge is 0.227 e. The Bertz CT molecular complexity index is 554. The van der Waals surface area contributed by atoms with E-state index in [0.717, 1.165) is 5.69 Å². The Kier molecular flexibility index (Phi) is 3.54. The number of ether oxygens (including phenoxy) is 1. The lowest BCUT2D eigenvalue weighted by molar-refractivity contribution is 0.112. The number of rotatable bonds is 6. The molecular formula is C11H13N5O2. The van der Waals surface area contributed by atoms with Crippen LogP contribution in [-0.2, 0) is 11.3 Å². The minimum absolute atomic E-state index is 0.154. The van der Waals surface area contributed by atoms with Crippen molar-refractivity contribution in [1.29, 1.82) is 0 Å². The van der Waals surface area contributed by atoms with E-state index in [4.69, 9.17) is 6.11 Å². The van der Waals surface area contributed by atoms with Crippen LogP contribution in [0.2, 0.25) is 0 Å². The van der Waals surface area contributed by atoms with E-state index < -0.39 is 6.26 Å². The van der Waals surface area contributed by atoms with Crippen LogP contribution in [0.4, 0.5) is 11.6 Å². The number of aldehydes is 1. The largest absolute Gasteiger partial charge is 0.383 e. The van der Waals surface area contributed by atoms with Crippen LogP contribution >= 0.6 is 0 Å². The summed E-state index contributed by atoms with van der Waals surface area (Å²) in [4.78, 5) is 18.6. The second kappa shape index (κ2) is 5.87. The van der Waals surface area contributed by atoms with Crippen molar-refractivity contribution in [2.75, 3.05) is 19.0 Å². The van der Waals surface area contributed by atoms with Gasteiger partial charge in [-0.1, -0.05) is 0 Å². The highest BCUT2D eigenvalue weighted by molar-refractivity contribution is 5.73. The van der Waals surface area contributed by atoms with Crippen molar-refractivity contribution in [2.24, 2.45) is 0 Å². The van der Waals surface area contributed by atoms with E-state index in [9.17, 15) is 4.79 Å². The molecule has 18 heavy (non-hydrogen) atoms. The lowest BCUT2D eigenvalue weighted by atomic mass is 10.4. The summed E-state index contributed by atoms with van der Waals surface area (Å²) < 4.78 is 13.6. The Morgan fingerprint density at radius 2 is 2.28 bits per heavy atom. The zero-order valence-corrected chi connectivity index (χ0v) is 9.83. The van der Waals surface area contributed by atoms with Gasteiger partial charge in [0.1, 0.15) is 1.37 Å². The lowest BCUT2D eigenvalue weighted by Crippen LogP contribution is -2.04. The molecule has 94 valence electrons. The zero-order chi connectivity index (χ0) is 13.7. The number of carbonyl (C=O) groups is 1. The van der Waals surface area contributed by atoms with Gasteiger partial charge >= 0.3 is 0 Å². The molecule has 0 saturated heterocycles. The molecule has 0 aliphatic carbocycles. The summed E-state index contributed by atoms with van der Waals surface area (Å²) >= 11 is 0. The summed E-state index contributed by atoms with van der Waals surface area (Å²) in [6.07, 6.45) is 5.24. The first kappa shape index (κ1) is 10.8. The van der Waals surface area contributed by atoms with Gasteiger partial charge in [0.15, 0.2) is 6.26 Å². The van der Waals surface area contributed by atoms with Crippen molar-refractivity contribution in [3.8, 4) is 0 Å². The molecule has 0 spiro atoms. The van der Waals surface area contributed by atoms with Crippen molar-refractivity contribution < 1.29 is 10.9 Å². The highest BCUT2D eigenvalue weighted by Crippen LogP contribution is 2.10. The highest BCUT2D eigenvalue weighted by Gasteiger charge is 2.01. The van der Waals surface area contributed by atoms with Crippen LogP contribution in [0.5, 0.6) is 0 Å². The van der Waals surface area contributed by atoms with Gasteiger partial charge in [-0.15, -0.1) is 0 Å². The maximum absolute atomic E-state index is 10.8. The maximum atomic E-state index is 10.8. The molecule has 2 aromatic heterocycles. The number of hydrogen-bond donors (Lipinski definition) is 1. The second-order valence-electron chi connectivity index (χ2n) is 3.51. The Balaban J connectivity index is 2.00. The van der Waals surface area contributed by atoms with E-state index in [2.05, 4.69) is 20.4 Å². The molecule has 0 aliphatic heterocycles. The number of anilines is 2. The van der Waals surface area contributed by atoms with Crippen molar-refractivity contribution >= 4 is 17.9 Å². The molecule has 0 unspecified atom stereocenters. The lowest BCUT2D eigenvalue weighted by Gasteiger charge is -2.01. The van der Waals surface area contributed by atoms with Gasteiger partial charge in [0.2, 0.25) is 5.95 Å². The molecule has 2 heterocycles. The van der Waals surface area contributed by atoms with Gasteiger partial charge in [-0.25, -0.2) is 9.97 Å². The van der Waals surface area contributed by atoms with Crippen molar-refractivity contribution in [1.82, 2.24) is 19.7 Å².